The van der Waals surface area contributed by atoms with E-state index in [2.05, 4.69) is 4.98 Å². The number of halogens is 5. The quantitative estimate of drug-likeness (QED) is 0.763. The Morgan fingerprint density at radius 3 is 2.31 bits per heavy atom. The summed E-state index contributed by atoms with van der Waals surface area (Å²) in [6.45, 7) is 0. The van der Waals surface area contributed by atoms with Crippen LogP contribution in [0.1, 0.15) is 23.2 Å². The van der Waals surface area contributed by atoms with E-state index in [0.717, 1.165) is 0 Å². The Balaban J connectivity index is 3.55. The van der Waals surface area contributed by atoms with E-state index in [4.69, 9.17) is 11.0 Å². The van der Waals surface area contributed by atoms with Crippen molar-refractivity contribution in [3.05, 3.63) is 22.9 Å². The highest BCUT2D eigenvalue weighted by Crippen LogP contribution is 2.38. The third-order valence-electron chi connectivity index (χ3n) is 1.73. The van der Waals surface area contributed by atoms with Crippen molar-refractivity contribution in [3.63, 3.8) is 0 Å². The molecule has 3 nitrogen and oxygen atoms in total. The van der Waals surface area contributed by atoms with Crippen LogP contribution in [0, 0.1) is 11.3 Å². The molecule has 0 amide bonds. The molecule has 0 aliphatic heterocycles. The zero-order valence-corrected chi connectivity index (χ0v) is 7.52. The maximum atomic E-state index is 12.4. The summed E-state index contributed by atoms with van der Waals surface area (Å²) in [6.07, 6.45) is -8.41. The van der Waals surface area contributed by atoms with Crippen LogP contribution in [0.3, 0.4) is 0 Å². The lowest BCUT2D eigenvalue weighted by Crippen LogP contribution is -2.14. The zero-order valence-electron chi connectivity index (χ0n) is 7.52. The average molecular weight is 237 g/mol. The van der Waals surface area contributed by atoms with Crippen molar-refractivity contribution in [1.82, 2.24) is 4.98 Å². The van der Waals surface area contributed by atoms with Crippen LogP contribution in [0.4, 0.5) is 27.8 Å². The largest absolute Gasteiger partial charge is 0.417 e. The van der Waals surface area contributed by atoms with Gasteiger partial charge in [0, 0.05) is 0 Å². The Kier molecular flexibility index (Phi) is 2.98. The molecule has 2 N–H and O–H groups in total. The number of hydrogen-bond donors (Lipinski definition) is 1. The number of aromatic nitrogens is 1. The van der Waals surface area contributed by atoms with E-state index in [9.17, 15) is 22.0 Å². The molecule has 0 fully saturated rings. The van der Waals surface area contributed by atoms with Gasteiger partial charge in [-0.1, -0.05) is 0 Å². The van der Waals surface area contributed by atoms with Crippen LogP contribution >= 0.6 is 0 Å². The number of nitrogens with zero attached hydrogens (tertiary/aromatic N) is 2. The van der Waals surface area contributed by atoms with E-state index in [1.54, 1.807) is 0 Å². The molecule has 0 bridgehead atoms. The first-order chi connectivity index (χ1) is 7.27. The topological polar surface area (TPSA) is 62.7 Å². The van der Waals surface area contributed by atoms with Gasteiger partial charge in [0.1, 0.15) is 17.6 Å². The lowest BCUT2D eigenvalue weighted by molar-refractivity contribution is -0.139. The van der Waals surface area contributed by atoms with Crippen molar-refractivity contribution in [2.75, 3.05) is 5.73 Å². The third kappa shape index (κ3) is 2.18. The second kappa shape index (κ2) is 3.92. The van der Waals surface area contributed by atoms with Gasteiger partial charge in [0.2, 0.25) is 0 Å². The SMILES string of the molecule is N#Cc1cc(C(F)(F)F)c(C(F)F)c(N)n1. The molecule has 16 heavy (non-hydrogen) atoms. The molecule has 1 rings (SSSR count). The first-order valence-corrected chi connectivity index (χ1v) is 3.83. The van der Waals surface area contributed by atoms with Crippen molar-refractivity contribution in [1.29, 1.82) is 5.26 Å². The molecular weight excluding hydrogens is 233 g/mol. The van der Waals surface area contributed by atoms with Gasteiger partial charge in [-0.3, -0.25) is 0 Å². The van der Waals surface area contributed by atoms with Crippen LogP contribution in [0.5, 0.6) is 0 Å². The summed E-state index contributed by atoms with van der Waals surface area (Å²) in [4.78, 5) is 3.12. The Bertz CT molecular complexity index is 446. The van der Waals surface area contributed by atoms with E-state index in [-0.39, 0.29) is 6.07 Å². The van der Waals surface area contributed by atoms with Crippen molar-refractivity contribution >= 4 is 5.82 Å². The van der Waals surface area contributed by atoms with Crippen LogP contribution in [0.2, 0.25) is 0 Å². The minimum Gasteiger partial charge on any atom is -0.383 e. The minimum absolute atomic E-state index is 0.248. The highest BCUT2D eigenvalue weighted by Gasteiger charge is 2.38. The van der Waals surface area contributed by atoms with Gasteiger partial charge in [-0.05, 0) is 6.07 Å². The van der Waals surface area contributed by atoms with Crippen molar-refractivity contribution in [3.8, 4) is 6.07 Å². The Hall–Kier alpha value is -1.91. The monoisotopic (exact) mass is 237 g/mol. The molecular formula is C8H4F5N3. The smallest absolute Gasteiger partial charge is 0.383 e. The molecule has 0 unspecified atom stereocenters. The molecule has 1 aromatic heterocycles. The summed E-state index contributed by atoms with van der Waals surface area (Å²) in [6, 6.07) is 1.56. The molecule has 1 aromatic rings. The second-order valence-corrected chi connectivity index (χ2v) is 2.76. The van der Waals surface area contributed by atoms with E-state index in [1.165, 1.54) is 6.07 Å². The van der Waals surface area contributed by atoms with Gasteiger partial charge >= 0.3 is 6.18 Å². The van der Waals surface area contributed by atoms with Crippen LogP contribution < -0.4 is 5.73 Å². The first kappa shape index (κ1) is 12.2. The van der Waals surface area contributed by atoms with Gasteiger partial charge in [-0.2, -0.15) is 18.4 Å². The lowest BCUT2D eigenvalue weighted by Gasteiger charge is -2.13. The van der Waals surface area contributed by atoms with E-state index >= 15 is 0 Å². The fraction of sp³-hybridized carbons (Fsp3) is 0.250. The number of pyridine rings is 1. The number of nitrogens with two attached hydrogens (primary N) is 1. The number of nitrogen functional groups attached to an aromatic ring is 1. The molecule has 0 atom stereocenters. The van der Waals surface area contributed by atoms with E-state index < -0.39 is 35.2 Å². The van der Waals surface area contributed by atoms with Crippen LogP contribution in [-0.4, -0.2) is 4.98 Å². The average Bonchev–Trinajstić information content (AvgIpc) is 2.14. The summed E-state index contributed by atoms with van der Waals surface area (Å²) in [5, 5.41) is 8.36. The predicted molar refractivity (Wildman–Crippen MR) is 43.3 cm³/mol. The molecule has 0 aliphatic rings. The highest BCUT2D eigenvalue weighted by atomic mass is 19.4. The van der Waals surface area contributed by atoms with Gasteiger partial charge in [0.05, 0.1) is 11.1 Å². The molecule has 8 heteroatoms. The number of rotatable bonds is 1. The summed E-state index contributed by atoms with van der Waals surface area (Å²) in [5.74, 6) is -0.985. The Morgan fingerprint density at radius 1 is 1.38 bits per heavy atom. The van der Waals surface area contributed by atoms with Gasteiger partial charge in [0.15, 0.2) is 0 Å². The zero-order chi connectivity index (χ0) is 12.5. The maximum Gasteiger partial charge on any atom is 0.417 e. The van der Waals surface area contributed by atoms with E-state index in [0.29, 0.717) is 0 Å². The van der Waals surface area contributed by atoms with E-state index in [1.807, 2.05) is 0 Å². The van der Waals surface area contributed by atoms with Gasteiger partial charge < -0.3 is 5.73 Å². The molecule has 0 aromatic carbocycles. The number of nitriles is 1. The maximum absolute atomic E-state index is 12.4. The standard InChI is InChI=1S/C8H4F5N3/c9-6(10)5-4(8(11,12)13)1-3(2-14)16-7(5)15/h1,6H,(H2,15,16). The summed E-state index contributed by atoms with van der Waals surface area (Å²) in [5.41, 5.74) is 1.27. The van der Waals surface area contributed by atoms with Gasteiger partial charge in [-0.15, -0.1) is 0 Å². The number of anilines is 1. The molecule has 0 radical (unpaired) electrons. The predicted octanol–water partition coefficient (Wildman–Crippen LogP) is 2.49. The molecule has 86 valence electrons. The van der Waals surface area contributed by atoms with Gasteiger partial charge in [0.25, 0.3) is 6.43 Å². The summed E-state index contributed by atoms with van der Waals surface area (Å²) in [7, 11) is 0. The van der Waals surface area contributed by atoms with Crippen LogP contribution in [-0.2, 0) is 6.18 Å². The molecule has 0 aliphatic carbocycles. The van der Waals surface area contributed by atoms with Crippen LogP contribution in [0.15, 0.2) is 6.07 Å². The molecule has 1 heterocycles. The minimum atomic E-state index is -5.01. The fourth-order valence-corrected chi connectivity index (χ4v) is 1.10. The molecule has 0 saturated heterocycles. The number of hydrogen-bond acceptors (Lipinski definition) is 3. The van der Waals surface area contributed by atoms with Crippen molar-refractivity contribution < 1.29 is 22.0 Å². The second-order valence-electron chi connectivity index (χ2n) is 2.76. The number of alkyl halides is 5. The normalized spacial score (nSPS) is 11.6. The van der Waals surface area contributed by atoms with Crippen molar-refractivity contribution in [2.24, 2.45) is 0 Å². The Labute approximate surface area is 86.3 Å². The summed E-state index contributed by atoms with van der Waals surface area (Å²) >= 11 is 0. The molecule has 0 spiro atoms. The lowest BCUT2D eigenvalue weighted by atomic mass is 10.1. The Morgan fingerprint density at radius 2 is 1.94 bits per heavy atom. The first-order valence-electron chi connectivity index (χ1n) is 3.83. The van der Waals surface area contributed by atoms with Crippen molar-refractivity contribution in [2.45, 2.75) is 12.6 Å². The summed E-state index contributed by atoms with van der Waals surface area (Å²) < 4.78 is 61.8. The van der Waals surface area contributed by atoms with Gasteiger partial charge in [-0.25, -0.2) is 13.8 Å². The fourth-order valence-electron chi connectivity index (χ4n) is 1.10. The highest BCUT2D eigenvalue weighted by molar-refractivity contribution is 5.50. The molecule has 0 saturated carbocycles. The third-order valence-corrected chi connectivity index (χ3v) is 1.73. The van der Waals surface area contributed by atoms with Crippen LogP contribution in [0.25, 0.3) is 0 Å².